The second kappa shape index (κ2) is 6.25. The van der Waals surface area contributed by atoms with Crippen LogP contribution in [0.4, 0.5) is 5.69 Å². The zero-order chi connectivity index (χ0) is 14.6. The Morgan fingerprint density at radius 2 is 2.05 bits per heavy atom. The van der Waals surface area contributed by atoms with Crippen molar-refractivity contribution < 1.29 is 13.2 Å². The maximum atomic E-state index is 11.8. The van der Waals surface area contributed by atoms with Gasteiger partial charge < -0.3 is 5.32 Å². The van der Waals surface area contributed by atoms with Crippen LogP contribution in [0.25, 0.3) is 0 Å². The zero-order valence-electron chi connectivity index (χ0n) is 11.1. The van der Waals surface area contributed by atoms with Crippen molar-refractivity contribution in [2.75, 3.05) is 24.2 Å². The molecule has 0 atom stereocenters. The second-order valence-electron chi connectivity index (χ2n) is 4.15. The van der Waals surface area contributed by atoms with Crippen LogP contribution in [-0.4, -0.2) is 34.2 Å². The number of amides is 1. The zero-order valence-corrected chi connectivity index (χ0v) is 12.7. The van der Waals surface area contributed by atoms with Crippen molar-refractivity contribution in [3.8, 4) is 0 Å². The Morgan fingerprint density at radius 3 is 2.53 bits per heavy atom. The van der Waals surface area contributed by atoms with Crippen molar-refractivity contribution in [2.24, 2.45) is 0 Å². The van der Waals surface area contributed by atoms with Crippen molar-refractivity contribution in [1.82, 2.24) is 5.32 Å². The molecular formula is C12H17ClN2O3S. The van der Waals surface area contributed by atoms with Gasteiger partial charge in [-0.05, 0) is 24.6 Å². The molecule has 0 saturated heterocycles. The number of halogens is 1. The van der Waals surface area contributed by atoms with Crippen molar-refractivity contribution in [2.45, 2.75) is 13.3 Å². The molecule has 0 heterocycles. The summed E-state index contributed by atoms with van der Waals surface area (Å²) in [7, 11) is -1.92. The molecule has 1 aromatic rings. The predicted octanol–water partition coefficient (Wildman–Crippen LogP) is 1.88. The van der Waals surface area contributed by atoms with E-state index in [1.54, 1.807) is 6.07 Å². The first-order valence-corrected chi connectivity index (χ1v) is 8.01. The molecule has 0 bridgehead atoms. The van der Waals surface area contributed by atoms with Crippen molar-refractivity contribution in [3.05, 3.63) is 28.8 Å². The molecule has 0 aliphatic rings. The van der Waals surface area contributed by atoms with Crippen LogP contribution in [-0.2, 0) is 10.0 Å². The number of carbonyl (C=O) groups excluding carboxylic acids is 1. The summed E-state index contributed by atoms with van der Waals surface area (Å²) in [4.78, 5) is 11.8. The highest BCUT2D eigenvalue weighted by Crippen LogP contribution is 2.24. The summed E-state index contributed by atoms with van der Waals surface area (Å²) >= 11 is 6.02. The van der Waals surface area contributed by atoms with Crippen molar-refractivity contribution in [1.29, 1.82) is 0 Å². The molecule has 0 aromatic heterocycles. The van der Waals surface area contributed by atoms with Crippen LogP contribution < -0.4 is 9.62 Å². The molecule has 0 fully saturated rings. The molecule has 0 spiro atoms. The van der Waals surface area contributed by atoms with Gasteiger partial charge >= 0.3 is 0 Å². The second-order valence-corrected chi connectivity index (χ2v) is 6.57. The van der Waals surface area contributed by atoms with E-state index in [1.807, 2.05) is 6.92 Å². The molecule has 1 amide bonds. The fraction of sp³-hybridized carbons (Fsp3) is 0.417. The Morgan fingerprint density at radius 1 is 1.42 bits per heavy atom. The summed E-state index contributed by atoms with van der Waals surface area (Å²) in [5.74, 6) is -0.264. The number of benzene rings is 1. The maximum Gasteiger partial charge on any atom is 0.252 e. The highest BCUT2D eigenvalue weighted by molar-refractivity contribution is 7.92. The van der Waals surface area contributed by atoms with Gasteiger partial charge in [-0.3, -0.25) is 9.10 Å². The summed E-state index contributed by atoms with van der Waals surface area (Å²) in [5.41, 5.74) is 0.750. The first-order chi connectivity index (χ1) is 8.77. The highest BCUT2D eigenvalue weighted by Gasteiger charge is 2.15. The molecule has 5 nitrogen and oxygen atoms in total. The van der Waals surface area contributed by atoms with Gasteiger partial charge in [0, 0.05) is 13.6 Å². The average Bonchev–Trinajstić information content (AvgIpc) is 2.33. The average molecular weight is 305 g/mol. The predicted molar refractivity (Wildman–Crippen MR) is 77.3 cm³/mol. The minimum Gasteiger partial charge on any atom is -0.352 e. The Bertz CT molecular complexity index is 572. The molecule has 1 rings (SSSR count). The largest absolute Gasteiger partial charge is 0.352 e. The van der Waals surface area contributed by atoms with Gasteiger partial charge in [0.1, 0.15) is 0 Å². The van der Waals surface area contributed by atoms with Crippen molar-refractivity contribution in [3.63, 3.8) is 0 Å². The smallest absolute Gasteiger partial charge is 0.252 e. The lowest BCUT2D eigenvalue weighted by Crippen LogP contribution is -2.26. The summed E-state index contributed by atoms with van der Waals surface area (Å²) in [6, 6.07) is 4.53. The van der Waals surface area contributed by atoms with Gasteiger partial charge in [-0.1, -0.05) is 18.5 Å². The number of nitrogens with zero attached hydrogens (tertiary/aromatic N) is 1. The number of carbonyl (C=O) groups is 1. The minimum absolute atomic E-state index is 0.224. The third-order valence-corrected chi connectivity index (χ3v) is 4.11. The first-order valence-electron chi connectivity index (χ1n) is 5.79. The monoisotopic (exact) mass is 304 g/mol. The number of nitrogens with one attached hydrogen (secondary N) is 1. The van der Waals surface area contributed by atoms with Gasteiger partial charge in [-0.15, -0.1) is 0 Å². The Hall–Kier alpha value is -1.27. The van der Waals surface area contributed by atoms with Gasteiger partial charge in [0.25, 0.3) is 5.91 Å². The van der Waals surface area contributed by atoms with E-state index in [1.165, 1.54) is 19.2 Å². The molecule has 106 valence electrons. The van der Waals surface area contributed by atoms with E-state index in [-0.39, 0.29) is 10.9 Å². The molecular weight excluding hydrogens is 288 g/mol. The van der Waals surface area contributed by atoms with Crippen LogP contribution in [0.15, 0.2) is 18.2 Å². The van der Waals surface area contributed by atoms with Gasteiger partial charge in [-0.2, -0.15) is 0 Å². The molecule has 0 radical (unpaired) electrons. The van der Waals surface area contributed by atoms with E-state index >= 15 is 0 Å². The Balaban J connectivity index is 3.01. The maximum absolute atomic E-state index is 11.8. The van der Waals surface area contributed by atoms with Gasteiger partial charge in [-0.25, -0.2) is 8.42 Å². The van der Waals surface area contributed by atoms with Crippen LogP contribution in [0.3, 0.4) is 0 Å². The summed E-state index contributed by atoms with van der Waals surface area (Å²) < 4.78 is 23.9. The number of anilines is 1. The SMILES string of the molecule is CCCNC(=O)c1ccc(N(C)S(C)(=O)=O)cc1Cl. The van der Waals surface area contributed by atoms with Crippen LogP contribution in [0.1, 0.15) is 23.7 Å². The standard InChI is InChI=1S/C12H17ClN2O3S/c1-4-7-14-12(16)10-6-5-9(8-11(10)13)15(2)19(3,17)18/h5-6,8H,4,7H2,1-3H3,(H,14,16). The van der Waals surface area contributed by atoms with Crippen LogP contribution >= 0.6 is 11.6 Å². The molecule has 19 heavy (non-hydrogen) atoms. The Labute approximate surface area is 118 Å². The van der Waals surface area contributed by atoms with E-state index in [9.17, 15) is 13.2 Å². The van der Waals surface area contributed by atoms with Gasteiger partial charge in [0.05, 0.1) is 22.5 Å². The van der Waals surface area contributed by atoms with E-state index in [0.29, 0.717) is 17.8 Å². The summed E-state index contributed by atoms with van der Waals surface area (Å²) in [6.45, 7) is 2.52. The topological polar surface area (TPSA) is 66.5 Å². The molecule has 7 heteroatoms. The number of sulfonamides is 1. The molecule has 0 unspecified atom stereocenters. The third-order valence-electron chi connectivity index (χ3n) is 2.59. The highest BCUT2D eigenvalue weighted by atomic mass is 35.5. The third kappa shape index (κ3) is 4.11. The van der Waals surface area contributed by atoms with Crippen molar-refractivity contribution >= 4 is 33.2 Å². The number of rotatable bonds is 5. The number of hydrogen-bond acceptors (Lipinski definition) is 3. The first kappa shape index (κ1) is 15.8. The number of hydrogen-bond donors (Lipinski definition) is 1. The molecule has 1 aromatic carbocycles. The lowest BCUT2D eigenvalue weighted by molar-refractivity contribution is 0.0954. The molecule has 0 saturated carbocycles. The molecule has 0 aliphatic carbocycles. The quantitative estimate of drug-likeness (QED) is 0.903. The lowest BCUT2D eigenvalue weighted by Gasteiger charge is -2.17. The molecule has 1 N–H and O–H groups in total. The van der Waals surface area contributed by atoms with E-state index < -0.39 is 10.0 Å². The summed E-state index contributed by atoms with van der Waals surface area (Å²) in [6.07, 6.45) is 1.93. The fourth-order valence-electron chi connectivity index (χ4n) is 1.41. The van der Waals surface area contributed by atoms with Crippen LogP contribution in [0, 0.1) is 0 Å². The molecule has 0 aliphatic heterocycles. The van der Waals surface area contributed by atoms with E-state index in [4.69, 9.17) is 11.6 Å². The van der Waals surface area contributed by atoms with E-state index in [2.05, 4.69) is 5.32 Å². The lowest BCUT2D eigenvalue weighted by atomic mass is 10.2. The van der Waals surface area contributed by atoms with E-state index in [0.717, 1.165) is 17.0 Å². The summed E-state index contributed by atoms with van der Waals surface area (Å²) in [5, 5.41) is 2.94. The van der Waals surface area contributed by atoms with Crippen LogP contribution in [0.2, 0.25) is 5.02 Å². The fourth-order valence-corrected chi connectivity index (χ4v) is 2.17. The Kier molecular flexibility index (Phi) is 5.20. The van der Waals surface area contributed by atoms with Crippen LogP contribution in [0.5, 0.6) is 0 Å². The van der Waals surface area contributed by atoms with Gasteiger partial charge in [0.2, 0.25) is 10.0 Å². The minimum atomic E-state index is -3.35. The van der Waals surface area contributed by atoms with Gasteiger partial charge in [0.15, 0.2) is 0 Å². The normalized spacial score (nSPS) is 11.2.